The molecule has 0 saturated carbocycles. The quantitative estimate of drug-likeness (QED) is 0.524. The molecule has 52 valence electrons. The summed E-state index contributed by atoms with van der Waals surface area (Å²) in [6.45, 7) is 7.29. The fourth-order valence-corrected chi connectivity index (χ4v) is 0.926. The van der Waals surface area contributed by atoms with E-state index >= 15 is 0 Å². The maximum absolute atomic E-state index is 4.02. The highest BCUT2D eigenvalue weighted by atomic mass is 15.6. The van der Waals surface area contributed by atoms with Gasteiger partial charge < -0.3 is 0 Å². The number of nitrogens with zero attached hydrogens (tertiary/aromatic N) is 3. The van der Waals surface area contributed by atoms with Gasteiger partial charge in [0.1, 0.15) is 0 Å². The van der Waals surface area contributed by atoms with Crippen molar-refractivity contribution in [2.45, 2.75) is 32.9 Å². The summed E-state index contributed by atoms with van der Waals surface area (Å²) in [6.07, 6.45) is 0. The molecule has 0 aromatic heterocycles. The Hall–Kier alpha value is -0.600. The molecule has 3 heteroatoms. The fourth-order valence-electron chi connectivity index (χ4n) is 0.926. The van der Waals surface area contributed by atoms with Crippen molar-refractivity contribution in [1.29, 1.82) is 0 Å². The molecule has 0 spiro atoms. The van der Waals surface area contributed by atoms with Crippen LogP contribution in [0.5, 0.6) is 0 Å². The number of rotatable bonds is 1. The predicted octanol–water partition coefficient (Wildman–Crippen LogP) is 1.47. The van der Waals surface area contributed by atoms with Gasteiger partial charge in [0, 0.05) is 6.54 Å². The number of likely N-dealkylation sites (N-methyl/N-ethyl adjacent to an activating group) is 1. The molecule has 2 atom stereocenters. The summed E-state index contributed by atoms with van der Waals surface area (Å²) in [5, 5.41) is 10.00. The Bertz CT molecular complexity index is 121. The van der Waals surface area contributed by atoms with E-state index in [1.807, 2.05) is 5.01 Å². The second kappa shape index (κ2) is 2.33. The van der Waals surface area contributed by atoms with Crippen LogP contribution in [0.1, 0.15) is 20.8 Å². The lowest BCUT2D eigenvalue weighted by molar-refractivity contribution is 0.250. The molecule has 0 aliphatic carbocycles. The molecule has 1 aliphatic rings. The first-order chi connectivity index (χ1) is 4.25. The van der Waals surface area contributed by atoms with Gasteiger partial charge in [0.2, 0.25) is 0 Å². The Balaban J connectivity index is 2.51. The molecule has 3 nitrogen and oxygen atoms in total. The predicted molar refractivity (Wildman–Crippen MR) is 36.2 cm³/mol. The van der Waals surface area contributed by atoms with Crippen LogP contribution >= 0.6 is 0 Å². The lowest BCUT2D eigenvalue weighted by atomic mass is 10.2. The van der Waals surface area contributed by atoms with Crippen molar-refractivity contribution < 1.29 is 0 Å². The molecule has 0 amide bonds. The van der Waals surface area contributed by atoms with Gasteiger partial charge in [0.15, 0.2) is 0 Å². The van der Waals surface area contributed by atoms with Gasteiger partial charge in [0.25, 0.3) is 0 Å². The first kappa shape index (κ1) is 6.52. The lowest BCUT2D eigenvalue weighted by Crippen LogP contribution is -2.29. The molecule has 0 N–H and O–H groups in total. The van der Waals surface area contributed by atoms with Crippen molar-refractivity contribution >= 4 is 0 Å². The Kier molecular flexibility index (Phi) is 1.69. The summed E-state index contributed by atoms with van der Waals surface area (Å²) in [5.74, 6) is 0. The Morgan fingerprint density at radius 1 is 1.44 bits per heavy atom. The van der Waals surface area contributed by atoms with E-state index < -0.39 is 0 Å². The average molecular weight is 127 g/mol. The van der Waals surface area contributed by atoms with Crippen LogP contribution in [0.15, 0.2) is 10.3 Å². The monoisotopic (exact) mass is 127 g/mol. The van der Waals surface area contributed by atoms with Crippen molar-refractivity contribution in [3.8, 4) is 0 Å². The van der Waals surface area contributed by atoms with Gasteiger partial charge in [-0.3, -0.25) is 5.01 Å². The maximum Gasteiger partial charge on any atom is 0.0918 e. The largest absolute Gasteiger partial charge is 0.274 e. The van der Waals surface area contributed by atoms with E-state index in [1.54, 1.807) is 0 Å². The SMILES string of the molecule is CCN1N=NC(C)C1C. The molecule has 0 bridgehead atoms. The van der Waals surface area contributed by atoms with Crippen LogP contribution in [0.2, 0.25) is 0 Å². The standard InChI is InChI=1S/C6H13N3/c1-4-9-6(3)5(2)7-8-9/h5-6H,4H2,1-3H3. The van der Waals surface area contributed by atoms with Crippen molar-refractivity contribution in [2.75, 3.05) is 6.54 Å². The summed E-state index contributed by atoms with van der Waals surface area (Å²) in [7, 11) is 0. The molecule has 2 unspecified atom stereocenters. The summed E-state index contributed by atoms with van der Waals surface area (Å²) in [6, 6.07) is 0.875. The first-order valence-corrected chi connectivity index (χ1v) is 3.43. The van der Waals surface area contributed by atoms with Crippen LogP contribution < -0.4 is 0 Å². The van der Waals surface area contributed by atoms with Crippen LogP contribution in [-0.4, -0.2) is 23.6 Å². The smallest absolute Gasteiger partial charge is 0.0918 e. The molecule has 9 heavy (non-hydrogen) atoms. The third kappa shape index (κ3) is 1.04. The van der Waals surface area contributed by atoms with Crippen molar-refractivity contribution in [2.24, 2.45) is 10.3 Å². The minimum absolute atomic E-state index is 0.380. The molecular weight excluding hydrogens is 114 g/mol. The third-order valence-corrected chi connectivity index (χ3v) is 1.84. The Morgan fingerprint density at radius 3 is 2.33 bits per heavy atom. The Morgan fingerprint density at radius 2 is 2.11 bits per heavy atom. The molecule has 0 radical (unpaired) electrons. The molecule has 0 aromatic carbocycles. The van der Waals surface area contributed by atoms with E-state index in [0.717, 1.165) is 6.54 Å². The highest BCUT2D eigenvalue weighted by Crippen LogP contribution is 2.15. The lowest BCUT2D eigenvalue weighted by Gasteiger charge is -2.17. The topological polar surface area (TPSA) is 28.0 Å². The molecule has 1 aliphatic heterocycles. The summed E-state index contributed by atoms with van der Waals surface area (Å²) < 4.78 is 0. The molecular formula is C6H13N3. The van der Waals surface area contributed by atoms with Crippen molar-refractivity contribution in [1.82, 2.24) is 5.01 Å². The summed E-state index contributed by atoms with van der Waals surface area (Å²) in [4.78, 5) is 0. The van der Waals surface area contributed by atoms with Gasteiger partial charge >= 0.3 is 0 Å². The fraction of sp³-hybridized carbons (Fsp3) is 1.00. The van der Waals surface area contributed by atoms with E-state index in [9.17, 15) is 0 Å². The van der Waals surface area contributed by atoms with E-state index in [1.165, 1.54) is 0 Å². The molecule has 0 fully saturated rings. The second-order valence-corrected chi connectivity index (χ2v) is 2.44. The zero-order valence-electron chi connectivity index (χ0n) is 6.20. The first-order valence-electron chi connectivity index (χ1n) is 3.43. The Labute approximate surface area is 55.7 Å². The van der Waals surface area contributed by atoms with Crippen LogP contribution in [-0.2, 0) is 0 Å². The average Bonchev–Trinajstić information content (AvgIpc) is 2.15. The van der Waals surface area contributed by atoms with Crippen LogP contribution in [0, 0.1) is 0 Å². The van der Waals surface area contributed by atoms with Crippen LogP contribution in [0.3, 0.4) is 0 Å². The van der Waals surface area contributed by atoms with E-state index in [-0.39, 0.29) is 0 Å². The van der Waals surface area contributed by atoms with Gasteiger partial charge in [-0.2, -0.15) is 5.11 Å². The van der Waals surface area contributed by atoms with Gasteiger partial charge in [-0.25, -0.2) is 0 Å². The van der Waals surface area contributed by atoms with Gasteiger partial charge in [-0.05, 0) is 20.8 Å². The van der Waals surface area contributed by atoms with Crippen LogP contribution in [0.4, 0.5) is 0 Å². The molecule has 0 aromatic rings. The molecule has 1 rings (SSSR count). The van der Waals surface area contributed by atoms with E-state index in [0.29, 0.717) is 12.1 Å². The molecule has 1 heterocycles. The highest BCUT2D eigenvalue weighted by Gasteiger charge is 2.22. The third-order valence-electron chi connectivity index (χ3n) is 1.84. The van der Waals surface area contributed by atoms with Gasteiger partial charge in [-0.15, -0.1) is 0 Å². The number of hydrogen-bond acceptors (Lipinski definition) is 3. The van der Waals surface area contributed by atoms with Crippen molar-refractivity contribution in [3.05, 3.63) is 0 Å². The maximum atomic E-state index is 4.02. The van der Waals surface area contributed by atoms with E-state index in [4.69, 9.17) is 0 Å². The summed E-state index contributed by atoms with van der Waals surface area (Å²) >= 11 is 0. The van der Waals surface area contributed by atoms with E-state index in [2.05, 4.69) is 31.1 Å². The van der Waals surface area contributed by atoms with Gasteiger partial charge in [0.05, 0.1) is 12.1 Å². The zero-order valence-corrected chi connectivity index (χ0v) is 6.20. The minimum atomic E-state index is 0.380. The van der Waals surface area contributed by atoms with Gasteiger partial charge in [-0.1, -0.05) is 5.22 Å². The number of hydrogen-bond donors (Lipinski definition) is 0. The molecule has 0 saturated heterocycles. The van der Waals surface area contributed by atoms with Crippen molar-refractivity contribution in [3.63, 3.8) is 0 Å². The summed E-state index contributed by atoms with van der Waals surface area (Å²) in [5.41, 5.74) is 0. The zero-order chi connectivity index (χ0) is 6.85. The second-order valence-electron chi connectivity index (χ2n) is 2.44. The minimum Gasteiger partial charge on any atom is -0.274 e. The van der Waals surface area contributed by atoms with Crippen LogP contribution in [0.25, 0.3) is 0 Å². The highest BCUT2D eigenvalue weighted by molar-refractivity contribution is 4.77. The normalized spacial score (nSPS) is 33.9.